The summed E-state index contributed by atoms with van der Waals surface area (Å²) in [5.41, 5.74) is 1.25. The zero-order valence-electron chi connectivity index (χ0n) is 15.3. The molecular weight excluding hydrogens is 352 g/mol. The lowest BCUT2D eigenvalue weighted by atomic mass is 9.98. The predicted molar refractivity (Wildman–Crippen MR) is 100 cm³/mol. The summed E-state index contributed by atoms with van der Waals surface area (Å²) in [7, 11) is 0. The van der Waals surface area contributed by atoms with Crippen molar-refractivity contribution in [3.05, 3.63) is 40.7 Å². The molecule has 140 valence electrons. The van der Waals surface area contributed by atoms with Crippen molar-refractivity contribution in [3.8, 4) is 0 Å². The number of aromatic nitrogens is 4. The normalized spacial score (nSPS) is 18.0. The van der Waals surface area contributed by atoms with Crippen LogP contribution in [0.4, 0.5) is 0 Å². The Morgan fingerprint density at radius 1 is 1.35 bits per heavy atom. The number of hydrogen-bond donors (Lipinski definition) is 1. The Labute approximate surface area is 158 Å². The van der Waals surface area contributed by atoms with E-state index in [9.17, 15) is 4.79 Å². The molecule has 1 fully saturated rings. The molecule has 1 amide bonds. The van der Waals surface area contributed by atoms with E-state index in [2.05, 4.69) is 25.3 Å². The molecule has 2 aromatic rings. The first-order valence-corrected chi connectivity index (χ1v) is 9.38. The van der Waals surface area contributed by atoms with E-state index in [4.69, 9.17) is 11.6 Å². The molecule has 1 atom stereocenters. The van der Waals surface area contributed by atoms with Crippen molar-refractivity contribution in [3.63, 3.8) is 0 Å². The second-order valence-corrected chi connectivity index (χ2v) is 7.32. The van der Waals surface area contributed by atoms with Crippen LogP contribution in [0.1, 0.15) is 34.8 Å². The van der Waals surface area contributed by atoms with Crippen molar-refractivity contribution in [1.29, 1.82) is 0 Å². The largest absolute Gasteiger partial charge is 0.350 e. The Bertz CT molecular complexity index is 742. The van der Waals surface area contributed by atoms with Gasteiger partial charge in [-0.15, -0.1) is 0 Å². The van der Waals surface area contributed by atoms with Crippen molar-refractivity contribution in [2.24, 2.45) is 5.92 Å². The highest BCUT2D eigenvalue weighted by Gasteiger charge is 2.21. The molecule has 1 aliphatic rings. The van der Waals surface area contributed by atoms with E-state index in [1.165, 1.54) is 0 Å². The Morgan fingerprint density at radius 2 is 2.19 bits per heavy atom. The van der Waals surface area contributed by atoms with E-state index >= 15 is 0 Å². The minimum Gasteiger partial charge on any atom is -0.350 e. The number of rotatable bonds is 6. The van der Waals surface area contributed by atoms with Gasteiger partial charge in [0.05, 0.1) is 17.8 Å². The summed E-state index contributed by atoms with van der Waals surface area (Å²) in [6, 6.07) is 1.73. The average molecular weight is 377 g/mol. The molecule has 2 aromatic heterocycles. The van der Waals surface area contributed by atoms with Gasteiger partial charge in [-0.2, -0.15) is 5.10 Å². The van der Waals surface area contributed by atoms with Gasteiger partial charge >= 0.3 is 0 Å². The smallest absolute Gasteiger partial charge is 0.270 e. The fourth-order valence-corrected chi connectivity index (χ4v) is 3.54. The first-order valence-electron chi connectivity index (χ1n) is 9.00. The molecule has 0 aromatic carbocycles. The Balaban J connectivity index is 1.46. The number of piperidine rings is 1. The molecule has 1 saturated heterocycles. The van der Waals surface area contributed by atoms with Crippen molar-refractivity contribution < 1.29 is 4.79 Å². The summed E-state index contributed by atoms with van der Waals surface area (Å²) >= 11 is 5.90. The van der Waals surface area contributed by atoms with Crippen molar-refractivity contribution in [1.82, 2.24) is 30.0 Å². The molecular formula is C18H25ClN6O. The number of hydrogen-bond acceptors (Lipinski definition) is 5. The highest BCUT2D eigenvalue weighted by atomic mass is 35.5. The fourth-order valence-electron chi connectivity index (χ4n) is 3.39. The Kier molecular flexibility index (Phi) is 6.21. The quantitative estimate of drug-likeness (QED) is 0.835. The third-order valence-electron chi connectivity index (χ3n) is 4.60. The fraction of sp³-hybridized carbons (Fsp3) is 0.556. The highest BCUT2D eigenvalue weighted by Crippen LogP contribution is 2.16. The summed E-state index contributed by atoms with van der Waals surface area (Å²) in [6.45, 7) is 8.18. The van der Waals surface area contributed by atoms with Crippen LogP contribution >= 0.6 is 11.6 Å². The number of aryl methyl sites for hydroxylation is 2. The summed E-state index contributed by atoms with van der Waals surface area (Å²) < 4.78 is 1.87. The van der Waals surface area contributed by atoms with Gasteiger partial charge in [-0.05, 0) is 45.2 Å². The van der Waals surface area contributed by atoms with Gasteiger partial charge in [-0.25, -0.2) is 9.97 Å². The van der Waals surface area contributed by atoms with Gasteiger partial charge < -0.3 is 10.2 Å². The predicted octanol–water partition coefficient (Wildman–Crippen LogP) is 2.09. The van der Waals surface area contributed by atoms with E-state index in [1.807, 2.05) is 17.8 Å². The maximum atomic E-state index is 12.3. The lowest BCUT2D eigenvalue weighted by Crippen LogP contribution is -2.42. The van der Waals surface area contributed by atoms with Gasteiger partial charge in [0.2, 0.25) is 0 Å². The molecule has 0 radical (unpaired) electrons. The summed E-state index contributed by atoms with van der Waals surface area (Å²) in [5, 5.41) is 7.91. The van der Waals surface area contributed by atoms with E-state index in [-0.39, 0.29) is 5.91 Å². The molecule has 1 aliphatic heterocycles. The summed E-state index contributed by atoms with van der Waals surface area (Å²) in [6.07, 6.45) is 5.78. The molecule has 0 spiro atoms. The van der Waals surface area contributed by atoms with Crippen LogP contribution in [0.3, 0.4) is 0 Å². The lowest BCUT2D eigenvalue weighted by Gasteiger charge is -2.32. The van der Waals surface area contributed by atoms with Crippen LogP contribution in [0.25, 0.3) is 0 Å². The van der Waals surface area contributed by atoms with Gasteiger partial charge in [0.25, 0.3) is 5.91 Å². The SMILES string of the molecule is Cc1cc(C(=O)NCC2CCCN(CCn3cc(Cl)cn3)C2)nc(C)n1. The van der Waals surface area contributed by atoms with Gasteiger partial charge in [0.15, 0.2) is 0 Å². The zero-order valence-corrected chi connectivity index (χ0v) is 16.0. The van der Waals surface area contributed by atoms with E-state index in [0.717, 1.165) is 44.7 Å². The van der Waals surface area contributed by atoms with Crippen molar-refractivity contribution in [2.75, 3.05) is 26.2 Å². The van der Waals surface area contributed by atoms with Crippen LogP contribution in [0, 0.1) is 19.8 Å². The standard InChI is InChI=1S/C18H25ClN6O/c1-13-8-17(23-14(2)22-13)18(26)20-9-15-4-3-5-24(11-15)6-7-25-12-16(19)10-21-25/h8,10,12,15H,3-7,9,11H2,1-2H3,(H,20,26). The first-order chi connectivity index (χ1) is 12.5. The topological polar surface area (TPSA) is 75.9 Å². The molecule has 26 heavy (non-hydrogen) atoms. The molecule has 1 unspecified atom stereocenters. The van der Waals surface area contributed by atoms with E-state index in [0.29, 0.717) is 29.0 Å². The molecule has 0 aliphatic carbocycles. The Morgan fingerprint density at radius 3 is 2.92 bits per heavy atom. The maximum absolute atomic E-state index is 12.3. The summed E-state index contributed by atoms with van der Waals surface area (Å²) in [4.78, 5) is 23.2. The van der Waals surface area contributed by atoms with Crippen LogP contribution < -0.4 is 5.32 Å². The molecule has 3 heterocycles. The van der Waals surface area contributed by atoms with Crippen molar-refractivity contribution >= 4 is 17.5 Å². The van der Waals surface area contributed by atoms with Gasteiger partial charge in [0, 0.05) is 31.5 Å². The molecule has 3 rings (SSSR count). The summed E-state index contributed by atoms with van der Waals surface area (Å²) in [5.74, 6) is 0.956. The molecule has 1 N–H and O–H groups in total. The van der Waals surface area contributed by atoms with Crippen LogP contribution in [0.15, 0.2) is 18.5 Å². The number of carbonyl (C=O) groups excluding carboxylic acids is 1. The second-order valence-electron chi connectivity index (χ2n) is 6.88. The molecule has 0 saturated carbocycles. The van der Waals surface area contributed by atoms with Crippen molar-refractivity contribution in [2.45, 2.75) is 33.2 Å². The van der Waals surface area contributed by atoms with Crippen LogP contribution in [0.2, 0.25) is 5.02 Å². The lowest BCUT2D eigenvalue weighted by molar-refractivity contribution is 0.0926. The average Bonchev–Trinajstić information content (AvgIpc) is 3.03. The number of likely N-dealkylation sites (tertiary alicyclic amines) is 1. The van der Waals surface area contributed by atoms with Crippen LogP contribution in [-0.2, 0) is 6.54 Å². The minimum absolute atomic E-state index is 0.123. The minimum atomic E-state index is -0.123. The zero-order chi connectivity index (χ0) is 18.5. The van der Waals surface area contributed by atoms with Crippen LogP contribution in [-0.4, -0.2) is 56.7 Å². The van der Waals surface area contributed by atoms with E-state index < -0.39 is 0 Å². The first kappa shape index (κ1) is 18.8. The maximum Gasteiger partial charge on any atom is 0.270 e. The molecule has 8 heteroatoms. The molecule has 7 nitrogen and oxygen atoms in total. The van der Waals surface area contributed by atoms with Crippen LogP contribution in [0.5, 0.6) is 0 Å². The number of halogens is 1. The highest BCUT2D eigenvalue weighted by molar-refractivity contribution is 6.30. The monoisotopic (exact) mass is 376 g/mol. The third kappa shape index (κ3) is 5.25. The number of amides is 1. The van der Waals surface area contributed by atoms with E-state index in [1.54, 1.807) is 19.2 Å². The number of nitrogens with zero attached hydrogens (tertiary/aromatic N) is 5. The molecule has 0 bridgehead atoms. The second kappa shape index (κ2) is 8.60. The third-order valence-corrected chi connectivity index (χ3v) is 4.80. The van der Waals surface area contributed by atoms with Gasteiger partial charge in [-0.1, -0.05) is 11.6 Å². The number of nitrogens with one attached hydrogen (secondary N) is 1. The van der Waals surface area contributed by atoms with Gasteiger partial charge in [0.1, 0.15) is 11.5 Å². The Hall–Kier alpha value is -1.99. The van der Waals surface area contributed by atoms with Gasteiger partial charge in [-0.3, -0.25) is 9.48 Å². The number of carbonyl (C=O) groups is 1.